The second kappa shape index (κ2) is 5.23. The second-order valence-corrected chi connectivity index (χ2v) is 6.50. The van der Waals surface area contributed by atoms with Crippen LogP contribution >= 0.6 is 11.6 Å². The Morgan fingerprint density at radius 1 is 1.06 bits per heavy atom. The summed E-state index contributed by atoms with van der Waals surface area (Å²) in [5.74, 6) is 0.709. The van der Waals surface area contributed by atoms with Crippen LogP contribution in [0.25, 0.3) is 0 Å². The first-order valence-electron chi connectivity index (χ1n) is 6.03. The first-order valence-corrected chi connectivity index (χ1v) is 6.47. The van der Waals surface area contributed by atoms with Crippen LogP contribution in [0.5, 0.6) is 0 Å². The minimum Gasteiger partial charge on any atom is -0.117 e. The van der Waals surface area contributed by atoms with E-state index in [0.29, 0.717) is 5.92 Å². The van der Waals surface area contributed by atoms with E-state index in [0.717, 1.165) is 6.42 Å². The average Bonchev–Trinajstić information content (AvgIpc) is 2.15. The SMILES string of the molecule is CC(C)Cc1ccc(C(Cl)C(C)(C)C)cc1. The molecule has 1 heteroatoms. The third kappa shape index (κ3) is 3.83. The van der Waals surface area contributed by atoms with Gasteiger partial charge in [0.05, 0.1) is 5.38 Å². The van der Waals surface area contributed by atoms with Crippen molar-refractivity contribution in [3.63, 3.8) is 0 Å². The number of benzene rings is 1. The zero-order valence-electron chi connectivity index (χ0n) is 11.0. The van der Waals surface area contributed by atoms with E-state index < -0.39 is 0 Å². The summed E-state index contributed by atoms with van der Waals surface area (Å²) in [5.41, 5.74) is 2.74. The van der Waals surface area contributed by atoms with Gasteiger partial charge in [0, 0.05) is 0 Å². The predicted molar refractivity (Wildman–Crippen MR) is 73.0 cm³/mol. The van der Waals surface area contributed by atoms with Gasteiger partial charge in [-0.05, 0) is 28.9 Å². The topological polar surface area (TPSA) is 0 Å². The molecule has 0 N–H and O–H groups in total. The molecule has 0 bridgehead atoms. The van der Waals surface area contributed by atoms with Crippen LogP contribution in [0.3, 0.4) is 0 Å². The molecule has 0 amide bonds. The number of halogens is 1. The maximum Gasteiger partial charge on any atom is 0.0633 e. The van der Waals surface area contributed by atoms with Gasteiger partial charge >= 0.3 is 0 Å². The van der Waals surface area contributed by atoms with Crippen molar-refractivity contribution in [1.82, 2.24) is 0 Å². The van der Waals surface area contributed by atoms with E-state index in [1.54, 1.807) is 0 Å². The minimum atomic E-state index is 0.0839. The number of alkyl halides is 1. The van der Waals surface area contributed by atoms with Gasteiger partial charge in [0.2, 0.25) is 0 Å². The molecule has 1 atom stereocenters. The van der Waals surface area contributed by atoms with Crippen LogP contribution in [-0.2, 0) is 6.42 Å². The fraction of sp³-hybridized carbons (Fsp3) is 0.600. The van der Waals surface area contributed by atoms with Gasteiger partial charge in [0.15, 0.2) is 0 Å². The van der Waals surface area contributed by atoms with Gasteiger partial charge < -0.3 is 0 Å². The zero-order valence-corrected chi connectivity index (χ0v) is 11.8. The fourth-order valence-corrected chi connectivity index (χ4v) is 1.94. The van der Waals surface area contributed by atoms with Crippen molar-refractivity contribution in [3.8, 4) is 0 Å². The van der Waals surface area contributed by atoms with Crippen LogP contribution in [-0.4, -0.2) is 0 Å². The molecule has 0 heterocycles. The molecule has 0 saturated heterocycles. The molecule has 0 aliphatic carbocycles. The van der Waals surface area contributed by atoms with Gasteiger partial charge in [-0.3, -0.25) is 0 Å². The van der Waals surface area contributed by atoms with Crippen molar-refractivity contribution < 1.29 is 0 Å². The molecule has 0 radical (unpaired) electrons. The van der Waals surface area contributed by atoms with Crippen molar-refractivity contribution in [3.05, 3.63) is 35.4 Å². The highest BCUT2D eigenvalue weighted by Crippen LogP contribution is 2.38. The summed E-state index contributed by atoms with van der Waals surface area (Å²) in [6.45, 7) is 11.0. The summed E-state index contributed by atoms with van der Waals surface area (Å²) < 4.78 is 0. The third-order valence-electron chi connectivity index (χ3n) is 2.68. The second-order valence-electron chi connectivity index (χ2n) is 6.07. The van der Waals surface area contributed by atoms with Crippen LogP contribution < -0.4 is 0 Å². The number of hydrogen-bond acceptors (Lipinski definition) is 0. The van der Waals surface area contributed by atoms with Crippen LogP contribution in [0.1, 0.15) is 51.1 Å². The summed E-state index contributed by atoms with van der Waals surface area (Å²) in [6, 6.07) is 8.74. The van der Waals surface area contributed by atoms with Gasteiger partial charge in [-0.25, -0.2) is 0 Å². The molecular weight excluding hydrogens is 216 g/mol. The van der Waals surface area contributed by atoms with E-state index in [-0.39, 0.29) is 10.8 Å². The molecule has 90 valence electrons. The Bertz CT molecular complexity index is 316. The van der Waals surface area contributed by atoms with Gasteiger partial charge in [-0.1, -0.05) is 58.9 Å². The molecule has 0 aliphatic rings. The Balaban J connectivity index is 2.79. The molecule has 0 fully saturated rings. The first-order chi connectivity index (χ1) is 7.30. The standard InChI is InChI=1S/C15H23Cl/c1-11(2)10-12-6-8-13(9-7-12)14(16)15(3,4)5/h6-9,11,14H,10H2,1-5H3. The molecular formula is C15H23Cl. The summed E-state index contributed by atoms with van der Waals surface area (Å²) in [6.07, 6.45) is 1.14. The fourth-order valence-electron chi connectivity index (χ4n) is 1.79. The first kappa shape index (κ1) is 13.6. The molecule has 0 aliphatic heterocycles. The highest BCUT2D eigenvalue weighted by atomic mass is 35.5. The molecule has 0 nitrogen and oxygen atoms in total. The third-order valence-corrected chi connectivity index (χ3v) is 3.58. The van der Waals surface area contributed by atoms with E-state index in [1.165, 1.54) is 11.1 Å². The van der Waals surface area contributed by atoms with Crippen molar-refractivity contribution in [2.75, 3.05) is 0 Å². The molecule has 1 unspecified atom stereocenters. The van der Waals surface area contributed by atoms with E-state index in [4.69, 9.17) is 11.6 Å². The lowest BCUT2D eigenvalue weighted by atomic mass is 9.87. The summed E-state index contributed by atoms with van der Waals surface area (Å²) in [7, 11) is 0. The van der Waals surface area contributed by atoms with Crippen molar-refractivity contribution in [2.24, 2.45) is 11.3 Å². The summed E-state index contributed by atoms with van der Waals surface area (Å²) in [5, 5.41) is 0.0839. The summed E-state index contributed by atoms with van der Waals surface area (Å²) >= 11 is 6.44. The molecule has 0 spiro atoms. The highest BCUT2D eigenvalue weighted by molar-refractivity contribution is 6.21. The predicted octanol–water partition coefficient (Wildman–Crippen LogP) is 5.21. The summed E-state index contributed by atoms with van der Waals surface area (Å²) in [4.78, 5) is 0. The zero-order chi connectivity index (χ0) is 12.3. The van der Waals surface area contributed by atoms with Crippen molar-refractivity contribution >= 4 is 11.6 Å². The van der Waals surface area contributed by atoms with Crippen molar-refractivity contribution in [2.45, 2.75) is 46.4 Å². The molecule has 1 rings (SSSR count). The molecule has 0 aromatic heterocycles. The van der Waals surface area contributed by atoms with E-state index >= 15 is 0 Å². The monoisotopic (exact) mass is 238 g/mol. The van der Waals surface area contributed by atoms with Crippen LogP contribution in [0, 0.1) is 11.3 Å². The lowest BCUT2D eigenvalue weighted by molar-refractivity contribution is 0.396. The Hall–Kier alpha value is -0.490. The number of hydrogen-bond donors (Lipinski definition) is 0. The maximum absolute atomic E-state index is 6.44. The van der Waals surface area contributed by atoms with E-state index in [1.807, 2.05) is 0 Å². The van der Waals surface area contributed by atoms with E-state index in [2.05, 4.69) is 58.9 Å². The molecule has 1 aromatic carbocycles. The van der Waals surface area contributed by atoms with Gasteiger partial charge in [-0.2, -0.15) is 0 Å². The van der Waals surface area contributed by atoms with Gasteiger partial charge in [-0.15, -0.1) is 11.6 Å². The quantitative estimate of drug-likeness (QED) is 0.634. The van der Waals surface area contributed by atoms with E-state index in [9.17, 15) is 0 Å². The Kier molecular flexibility index (Phi) is 4.43. The van der Waals surface area contributed by atoms with Crippen LogP contribution in [0.4, 0.5) is 0 Å². The van der Waals surface area contributed by atoms with Gasteiger partial charge in [0.1, 0.15) is 0 Å². The maximum atomic E-state index is 6.44. The molecule has 0 saturated carbocycles. The molecule has 1 aromatic rings. The minimum absolute atomic E-state index is 0.0839. The van der Waals surface area contributed by atoms with Crippen LogP contribution in [0.15, 0.2) is 24.3 Å². The van der Waals surface area contributed by atoms with Crippen LogP contribution in [0.2, 0.25) is 0 Å². The lowest BCUT2D eigenvalue weighted by Gasteiger charge is -2.25. The average molecular weight is 239 g/mol. The van der Waals surface area contributed by atoms with Gasteiger partial charge in [0.25, 0.3) is 0 Å². The Labute approximate surface area is 105 Å². The lowest BCUT2D eigenvalue weighted by Crippen LogP contribution is -2.13. The normalized spacial score (nSPS) is 14.2. The van der Waals surface area contributed by atoms with Crippen molar-refractivity contribution in [1.29, 1.82) is 0 Å². The smallest absolute Gasteiger partial charge is 0.0633 e. The highest BCUT2D eigenvalue weighted by Gasteiger charge is 2.23. The Morgan fingerprint density at radius 3 is 1.94 bits per heavy atom. The largest absolute Gasteiger partial charge is 0.117 e. The number of rotatable bonds is 3. The Morgan fingerprint density at radius 2 is 1.56 bits per heavy atom. The molecule has 16 heavy (non-hydrogen) atoms.